The molecular weight excluding hydrogens is 483 g/mol. The summed E-state index contributed by atoms with van der Waals surface area (Å²) < 4.78 is 53.8. The first-order valence-corrected chi connectivity index (χ1v) is 15.1. The summed E-state index contributed by atoms with van der Waals surface area (Å²) in [6.07, 6.45) is -2.64. The average Bonchev–Trinajstić information content (AvgIpc) is 3.23. The predicted octanol–water partition coefficient (Wildman–Crippen LogP) is 4.32. The van der Waals surface area contributed by atoms with Crippen LogP contribution in [0.25, 0.3) is 0 Å². The number of carboxylic acids is 1. The molecule has 1 aromatic carbocycles. The summed E-state index contributed by atoms with van der Waals surface area (Å²) in [5, 5.41) is 13.1. The van der Waals surface area contributed by atoms with Crippen molar-refractivity contribution in [2.75, 3.05) is 24.7 Å². The van der Waals surface area contributed by atoms with Crippen LogP contribution in [0.3, 0.4) is 0 Å². The highest BCUT2D eigenvalue weighted by atomic mass is 28.3. The topological polar surface area (TPSA) is 93.9 Å². The van der Waals surface area contributed by atoms with Gasteiger partial charge >= 0.3 is 12.1 Å². The molecule has 192 valence electrons. The van der Waals surface area contributed by atoms with Gasteiger partial charge in [0, 0.05) is 21.2 Å². The van der Waals surface area contributed by atoms with Crippen LogP contribution in [0.15, 0.2) is 35.3 Å². The molecule has 0 radical (unpaired) electrons. The third-order valence-electron chi connectivity index (χ3n) is 5.73. The molecule has 1 fully saturated rings. The standard InChI is InChI=1S/C23H30F3N3O5Si/c1-35(2,3)11-10-33-15-29-21(30)20(23(24,25)26)19(13-27-29)28-9-5-7-17(28)14-34-18-8-4-6-16(12-18)22(31)32/h4,6,8,12-13,17H,5,7,9-11,14-15H2,1-3H3,(H,31,32)/t17-/m1/s1. The van der Waals surface area contributed by atoms with Crippen LogP contribution in [0, 0.1) is 0 Å². The van der Waals surface area contributed by atoms with E-state index in [0.717, 1.165) is 12.2 Å². The lowest BCUT2D eigenvalue weighted by molar-refractivity contribution is -0.138. The molecule has 0 spiro atoms. The Morgan fingerprint density at radius 2 is 2.03 bits per heavy atom. The minimum Gasteiger partial charge on any atom is -0.491 e. The zero-order chi connectivity index (χ0) is 25.8. The van der Waals surface area contributed by atoms with Crippen molar-refractivity contribution in [1.82, 2.24) is 9.78 Å². The molecule has 0 unspecified atom stereocenters. The zero-order valence-electron chi connectivity index (χ0n) is 20.0. The smallest absolute Gasteiger partial charge is 0.423 e. The summed E-state index contributed by atoms with van der Waals surface area (Å²) in [6, 6.07) is 6.27. The molecule has 1 aliphatic rings. The van der Waals surface area contributed by atoms with Crippen LogP contribution in [0.4, 0.5) is 18.9 Å². The Kier molecular flexibility index (Phi) is 8.26. The van der Waals surface area contributed by atoms with E-state index in [2.05, 4.69) is 24.7 Å². The average molecular weight is 514 g/mol. The molecule has 0 bridgehead atoms. The van der Waals surface area contributed by atoms with Crippen LogP contribution in [0.2, 0.25) is 25.7 Å². The third-order valence-corrected chi connectivity index (χ3v) is 7.43. The lowest BCUT2D eigenvalue weighted by Gasteiger charge is -2.29. The number of aromatic carboxylic acids is 1. The van der Waals surface area contributed by atoms with Crippen LogP contribution in [-0.2, 0) is 17.6 Å². The van der Waals surface area contributed by atoms with Crippen LogP contribution < -0.4 is 15.2 Å². The molecule has 0 aliphatic carbocycles. The highest BCUT2D eigenvalue weighted by Gasteiger charge is 2.41. The molecule has 12 heteroatoms. The summed E-state index contributed by atoms with van der Waals surface area (Å²) in [7, 11) is -1.39. The molecule has 2 aromatic rings. The van der Waals surface area contributed by atoms with E-state index in [9.17, 15) is 22.8 Å². The Hall–Kier alpha value is -2.86. The molecular formula is C23H30F3N3O5Si. The molecule has 0 saturated carbocycles. The number of alkyl halides is 3. The van der Waals surface area contributed by atoms with Gasteiger partial charge in [-0.25, -0.2) is 9.48 Å². The fraction of sp³-hybridized carbons (Fsp3) is 0.522. The quantitative estimate of drug-likeness (QED) is 0.374. The molecule has 1 aromatic heterocycles. The first-order chi connectivity index (χ1) is 16.4. The second-order valence-corrected chi connectivity index (χ2v) is 15.3. The van der Waals surface area contributed by atoms with Gasteiger partial charge in [0.2, 0.25) is 0 Å². The molecule has 1 atom stereocenters. The molecule has 1 N–H and O–H groups in total. The first kappa shape index (κ1) is 26.7. The van der Waals surface area contributed by atoms with Crippen LogP contribution >= 0.6 is 0 Å². The fourth-order valence-electron chi connectivity index (χ4n) is 3.82. The van der Waals surface area contributed by atoms with Gasteiger partial charge in [-0.1, -0.05) is 25.7 Å². The third kappa shape index (κ3) is 7.07. The largest absolute Gasteiger partial charge is 0.491 e. The molecule has 2 heterocycles. The Morgan fingerprint density at radius 1 is 1.29 bits per heavy atom. The zero-order valence-corrected chi connectivity index (χ0v) is 21.0. The maximum atomic E-state index is 14.0. The van der Waals surface area contributed by atoms with Gasteiger partial charge in [0.25, 0.3) is 5.56 Å². The summed E-state index contributed by atoms with van der Waals surface area (Å²) in [5.74, 6) is -0.805. The fourth-order valence-corrected chi connectivity index (χ4v) is 4.58. The number of rotatable bonds is 10. The van der Waals surface area contributed by atoms with Gasteiger partial charge in [-0.15, -0.1) is 0 Å². The number of hydrogen-bond donors (Lipinski definition) is 1. The highest BCUT2D eigenvalue weighted by molar-refractivity contribution is 6.76. The van der Waals surface area contributed by atoms with Crippen molar-refractivity contribution < 1.29 is 32.5 Å². The highest BCUT2D eigenvalue weighted by Crippen LogP contribution is 2.36. The number of anilines is 1. The minimum absolute atomic E-state index is 0.0310. The number of carboxylic acid groups (broad SMARTS) is 1. The molecule has 1 saturated heterocycles. The molecule has 35 heavy (non-hydrogen) atoms. The first-order valence-electron chi connectivity index (χ1n) is 11.3. The monoisotopic (exact) mass is 513 g/mol. The van der Waals surface area contributed by atoms with E-state index in [-0.39, 0.29) is 24.6 Å². The van der Waals surface area contributed by atoms with Gasteiger partial charge in [0.15, 0.2) is 0 Å². The molecule has 3 rings (SSSR count). The molecule has 8 nitrogen and oxygen atoms in total. The predicted molar refractivity (Wildman–Crippen MR) is 127 cm³/mol. The van der Waals surface area contributed by atoms with E-state index in [1.165, 1.54) is 23.1 Å². The van der Waals surface area contributed by atoms with Crippen molar-refractivity contribution in [3.8, 4) is 5.75 Å². The van der Waals surface area contributed by atoms with Gasteiger partial charge in [0.1, 0.15) is 24.7 Å². The maximum Gasteiger partial charge on any atom is 0.423 e. The normalized spacial score (nSPS) is 16.5. The number of ether oxygens (including phenoxy) is 2. The van der Waals surface area contributed by atoms with Crippen LogP contribution in [0.5, 0.6) is 5.75 Å². The summed E-state index contributed by atoms with van der Waals surface area (Å²) in [5.41, 5.74) is -2.76. The van der Waals surface area contributed by atoms with E-state index in [1.807, 2.05) is 0 Å². The molecule has 1 aliphatic heterocycles. The van der Waals surface area contributed by atoms with Gasteiger partial charge in [-0.05, 0) is 37.1 Å². The Balaban J connectivity index is 1.79. The van der Waals surface area contributed by atoms with Gasteiger partial charge in [-0.2, -0.15) is 18.3 Å². The lowest BCUT2D eigenvalue weighted by atomic mass is 10.2. The Labute approximate surface area is 202 Å². The number of halogens is 3. The van der Waals surface area contributed by atoms with Gasteiger partial charge < -0.3 is 19.5 Å². The minimum atomic E-state index is -4.88. The van der Waals surface area contributed by atoms with Crippen molar-refractivity contribution in [2.45, 2.75) is 57.5 Å². The number of hydrogen-bond acceptors (Lipinski definition) is 6. The van der Waals surface area contributed by atoms with E-state index in [4.69, 9.17) is 14.6 Å². The summed E-state index contributed by atoms with van der Waals surface area (Å²) >= 11 is 0. The van der Waals surface area contributed by atoms with Crippen molar-refractivity contribution in [3.63, 3.8) is 0 Å². The van der Waals surface area contributed by atoms with Crippen LogP contribution in [0.1, 0.15) is 28.8 Å². The number of nitrogens with zero attached hydrogens (tertiary/aromatic N) is 3. The lowest BCUT2D eigenvalue weighted by Crippen LogP contribution is -2.40. The van der Waals surface area contributed by atoms with E-state index < -0.39 is 37.4 Å². The van der Waals surface area contributed by atoms with Crippen LogP contribution in [-0.4, -0.2) is 54.7 Å². The summed E-state index contributed by atoms with van der Waals surface area (Å²) in [6.45, 7) is 6.79. The SMILES string of the molecule is C[Si](C)(C)CCOCn1ncc(N2CCC[C@@H]2COc2cccc(C(=O)O)c2)c(C(F)(F)F)c1=O. The van der Waals surface area contributed by atoms with Gasteiger partial charge in [-0.3, -0.25) is 4.79 Å². The van der Waals surface area contributed by atoms with Crippen molar-refractivity contribution in [3.05, 3.63) is 51.9 Å². The Morgan fingerprint density at radius 3 is 2.69 bits per heavy atom. The van der Waals surface area contributed by atoms with E-state index in [0.29, 0.717) is 36.4 Å². The van der Waals surface area contributed by atoms with E-state index >= 15 is 0 Å². The maximum absolute atomic E-state index is 14.0. The second kappa shape index (κ2) is 10.8. The molecule has 0 amide bonds. The number of carbonyl (C=O) groups is 1. The van der Waals surface area contributed by atoms with E-state index in [1.54, 1.807) is 6.07 Å². The Bertz CT molecular complexity index is 1100. The van der Waals surface area contributed by atoms with Gasteiger partial charge in [0.05, 0.1) is 23.5 Å². The van der Waals surface area contributed by atoms with Crippen molar-refractivity contribution in [1.29, 1.82) is 0 Å². The second-order valence-electron chi connectivity index (χ2n) is 9.69. The summed E-state index contributed by atoms with van der Waals surface area (Å²) in [4.78, 5) is 25.4. The van der Waals surface area contributed by atoms with Crippen molar-refractivity contribution in [2.24, 2.45) is 0 Å². The number of aromatic nitrogens is 2. The number of benzene rings is 1. The van der Waals surface area contributed by atoms with Crippen molar-refractivity contribution >= 4 is 19.7 Å².